The van der Waals surface area contributed by atoms with Crippen LogP contribution in [0.25, 0.3) is 0 Å². The lowest BCUT2D eigenvalue weighted by atomic mass is 9.83. The van der Waals surface area contributed by atoms with E-state index in [0.29, 0.717) is 23.1 Å². The summed E-state index contributed by atoms with van der Waals surface area (Å²) in [7, 11) is 0. The van der Waals surface area contributed by atoms with Gasteiger partial charge in [0, 0.05) is 17.2 Å². The van der Waals surface area contributed by atoms with E-state index in [1.54, 1.807) is 0 Å². The zero-order valence-electron chi connectivity index (χ0n) is 14.2. The van der Waals surface area contributed by atoms with Gasteiger partial charge in [0.25, 0.3) is 5.56 Å². The van der Waals surface area contributed by atoms with Crippen LogP contribution in [0.5, 0.6) is 0 Å². The summed E-state index contributed by atoms with van der Waals surface area (Å²) in [5.74, 6) is 1.15. The van der Waals surface area contributed by atoms with Gasteiger partial charge in [-0.3, -0.25) is 19.9 Å². The van der Waals surface area contributed by atoms with E-state index in [-0.39, 0.29) is 5.92 Å². The van der Waals surface area contributed by atoms with Gasteiger partial charge >= 0.3 is 5.69 Å². The number of anilines is 2. The molecule has 7 nitrogen and oxygen atoms in total. The average Bonchev–Trinajstić information content (AvgIpc) is 2.93. The highest BCUT2D eigenvalue weighted by molar-refractivity contribution is 5.71. The predicted molar refractivity (Wildman–Crippen MR) is 95.8 cm³/mol. The Kier molecular flexibility index (Phi) is 3.38. The Morgan fingerprint density at radius 2 is 1.76 bits per heavy atom. The first-order chi connectivity index (χ1) is 12.0. The molecule has 0 spiro atoms. The molecule has 1 aromatic carbocycles. The Morgan fingerprint density at radius 3 is 2.44 bits per heavy atom. The van der Waals surface area contributed by atoms with Crippen LogP contribution in [0, 0.1) is 6.92 Å². The molecule has 0 saturated heterocycles. The van der Waals surface area contributed by atoms with Crippen molar-refractivity contribution in [1.29, 1.82) is 0 Å². The van der Waals surface area contributed by atoms with Crippen LogP contribution in [-0.2, 0) is 0 Å². The molecule has 4 N–H and O–H groups in total. The molecular weight excluding hydrogens is 318 g/mol. The molecule has 7 heteroatoms. The van der Waals surface area contributed by atoms with Crippen molar-refractivity contribution in [1.82, 2.24) is 20.2 Å². The number of aromatic nitrogens is 4. The van der Waals surface area contributed by atoms with Crippen molar-refractivity contribution in [3.05, 3.63) is 73.1 Å². The van der Waals surface area contributed by atoms with Crippen LogP contribution >= 0.6 is 0 Å². The number of nitrogens with one attached hydrogen (secondary N) is 4. The Balaban J connectivity index is 1.96. The molecule has 3 heterocycles. The Labute approximate surface area is 143 Å². The van der Waals surface area contributed by atoms with Gasteiger partial charge in [-0.25, -0.2) is 4.79 Å². The quantitative estimate of drug-likeness (QED) is 0.451. The first kappa shape index (κ1) is 15.4. The third kappa shape index (κ3) is 2.39. The molecule has 1 aliphatic heterocycles. The van der Waals surface area contributed by atoms with Gasteiger partial charge in [0.15, 0.2) is 5.82 Å². The van der Waals surface area contributed by atoms with E-state index in [1.165, 1.54) is 5.56 Å². The highest BCUT2D eigenvalue weighted by Crippen LogP contribution is 2.42. The largest absolute Gasteiger partial charge is 0.327 e. The molecule has 1 unspecified atom stereocenters. The number of nitrogens with zero attached hydrogens (tertiary/aromatic N) is 1. The fourth-order valence-corrected chi connectivity index (χ4v) is 3.43. The monoisotopic (exact) mass is 337 g/mol. The third-order valence-corrected chi connectivity index (χ3v) is 4.73. The van der Waals surface area contributed by atoms with Gasteiger partial charge in [0.05, 0.1) is 5.56 Å². The predicted octanol–water partition coefficient (Wildman–Crippen LogP) is 2.46. The number of benzene rings is 1. The SMILES string of the molecule is Cc1[nH]nc2c1C(c1ccc(C(C)C)cc1)c1c([nH]c(=O)[nH]c1=O)N2. The first-order valence-corrected chi connectivity index (χ1v) is 8.24. The second-order valence-corrected chi connectivity index (χ2v) is 6.69. The number of hydrogen-bond acceptors (Lipinski definition) is 4. The molecule has 0 amide bonds. The molecule has 25 heavy (non-hydrogen) atoms. The molecule has 128 valence electrons. The number of rotatable bonds is 2. The molecule has 0 bridgehead atoms. The minimum absolute atomic E-state index is 0.299. The summed E-state index contributed by atoms with van der Waals surface area (Å²) >= 11 is 0. The lowest BCUT2D eigenvalue weighted by molar-refractivity contribution is 0.855. The number of hydrogen-bond donors (Lipinski definition) is 4. The van der Waals surface area contributed by atoms with Gasteiger partial charge in [-0.05, 0) is 24.0 Å². The Bertz CT molecular complexity index is 1060. The highest BCUT2D eigenvalue weighted by Gasteiger charge is 2.33. The minimum Gasteiger partial charge on any atom is -0.324 e. The van der Waals surface area contributed by atoms with Crippen molar-refractivity contribution in [2.75, 3.05) is 5.32 Å². The summed E-state index contributed by atoms with van der Waals surface area (Å²) in [5.41, 5.74) is 3.58. The van der Waals surface area contributed by atoms with Gasteiger partial charge < -0.3 is 5.32 Å². The maximum absolute atomic E-state index is 12.5. The fraction of sp³-hybridized carbons (Fsp3) is 0.278. The van der Waals surface area contributed by atoms with E-state index < -0.39 is 11.2 Å². The second kappa shape index (κ2) is 5.47. The average molecular weight is 337 g/mol. The molecule has 0 fully saturated rings. The van der Waals surface area contributed by atoms with E-state index in [1.807, 2.05) is 19.1 Å². The van der Waals surface area contributed by atoms with Crippen molar-refractivity contribution in [2.24, 2.45) is 0 Å². The van der Waals surface area contributed by atoms with Gasteiger partial charge in [-0.15, -0.1) is 0 Å². The maximum Gasteiger partial charge on any atom is 0.327 e. The van der Waals surface area contributed by atoms with Crippen molar-refractivity contribution in [3.8, 4) is 0 Å². The van der Waals surface area contributed by atoms with Crippen LogP contribution in [0.2, 0.25) is 0 Å². The molecule has 3 aromatic rings. The maximum atomic E-state index is 12.5. The van der Waals surface area contributed by atoms with Crippen LogP contribution < -0.4 is 16.6 Å². The van der Waals surface area contributed by atoms with Crippen molar-refractivity contribution >= 4 is 11.6 Å². The topological polar surface area (TPSA) is 106 Å². The van der Waals surface area contributed by atoms with E-state index in [4.69, 9.17) is 0 Å². The number of aryl methyl sites for hydroxylation is 1. The van der Waals surface area contributed by atoms with Crippen molar-refractivity contribution < 1.29 is 0 Å². The van der Waals surface area contributed by atoms with E-state index in [9.17, 15) is 9.59 Å². The summed E-state index contributed by atoms with van der Waals surface area (Å²) in [6.45, 7) is 6.21. The van der Waals surface area contributed by atoms with Crippen LogP contribution in [0.15, 0.2) is 33.9 Å². The molecule has 0 saturated carbocycles. The lowest BCUT2D eigenvalue weighted by Gasteiger charge is -2.26. The van der Waals surface area contributed by atoms with E-state index in [0.717, 1.165) is 16.8 Å². The molecule has 1 atom stereocenters. The van der Waals surface area contributed by atoms with Crippen LogP contribution in [0.4, 0.5) is 11.6 Å². The lowest BCUT2D eigenvalue weighted by Crippen LogP contribution is -2.31. The standard InChI is InChI=1S/C18H19N5O2/c1-8(2)10-4-6-11(7-5-10)13-12-9(3)22-23-16(12)19-15-14(13)17(24)21-18(25)20-15/h4-8,13H,1-3H3,(H4,19,20,21,22,23,24,25). The summed E-state index contributed by atoms with van der Waals surface area (Å²) < 4.78 is 0. The second-order valence-electron chi connectivity index (χ2n) is 6.69. The summed E-state index contributed by atoms with van der Waals surface area (Å²) in [6, 6.07) is 8.24. The Hall–Kier alpha value is -3.09. The zero-order valence-corrected chi connectivity index (χ0v) is 14.2. The van der Waals surface area contributed by atoms with E-state index in [2.05, 4.69) is 51.5 Å². The molecule has 0 aliphatic carbocycles. The zero-order chi connectivity index (χ0) is 17.7. The molecule has 4 rings (SSSR count). The molecule has 0 radical (unpaired) electrons. The normalized spacial score (nSPS) is 15.6. The fourth-order valence-electron chi connectivity index (χ4n) is 3.43. The van der Waals surface area contributed by atoms with E-state index >= 15 is 0 Å². The smallest absolute Gasteiger partial charge is 0.324 e. The number of H-pyrrole nitrogens is 3. The molecule has 1 aliphatic rings. The van der Waals surface area contributed by atoms with Gasteiger partial charge in [-0.1, -0.05) is 38.1 Å². The summed E-state index contributed by atoms with van der Waals surface area (Å²) in [6.07, 6.45) is 0. The number of aromatic amines is 3. The summed E-state index contributed by atoms with van der Waals surface area (Å²) in [5, 5.41) is 10.3. The minimum atomic E-state index is -0.541. The van der Waals surface area contributed by atoms with Gasteiger partial charge in [-0.2, -0.15) is 5.10 Å². The van der Waals surface area contributed by atoms with Crippen LogP contribution in [0.3, 0.4) is 0 Å². The first-order valence-electron chi connectivity index (χ1n) is 8.24. The van der Waals surface area contributed by atoms with Crippen molar-refractivity contribution in [3.63, 3.8) is 0 Å². The molecular formula is C18H19N5O2. The number of fused-ring (bicyclic) bond motifs is 2. The van der Waals surface area contributed by atoms with Gasteiger partial charge in [0.2, 0.25) is 0 Å². The summed E-state index contributed by atoms with van der Waals surface area (Å²) in [4.78, 5) is 29.2. The third-order valence-electron chi connectivity index (χ3n) is 4.73. The van der Waals surface area contributed by atoms with Gasteiger partial charge in [0.1, 0.15) is 5.82 Å². The van der Waals surface area contributed by atoms with Crippen molar-refractivity contribution in [2.45, 2.75) is 32.6 Å². The Morgan fingerprint density at radius 1 is 1.04 bits per heavy atom. The molecule has 2 aromatic heterocycles. The highest BCUT2D eigenvalue weighted by atomic mass is 16.2. The van der Waals surface area contributed by atoms with Crippen LogP contribution in [-0.4, -0.2) is 20.2 Å². The van der Waals surface area contributed by atoms with Crippen LogP contribution in [0.1, 0.15) is 53.6 Å².